The molecule has 0 spiro atoms. The van der Waals surface area contributed by atoms with Gasteiger partial charge in [-0.05, 0) is 57.0 Å². The number of carbonyl (C=O) groups is 2. The van der Waals surface area contributed by atoms with Crippen LogP contribution in [-0.2, 0) is 9.59 Å². The first-order chi connectivity index (χ1) is 15.9. The second kappa shape index (κ2) is 9.87. The van der Waals surface area contributed by atoms with E-state index in [1.165, 1.54) is 36.6 Å². The quantitative estimate of drug-likeness (QED) is 0.436. The zero-order valence-electron chi connectivity index (χ0n) is 18.4. The van der Waals surface area contributed by atoms with E-state index in [-0.39, 0.29) is 0 Å². The van der Waals surface area contributed by atoms with E-state index in [1.807, 2.05) is 12.4 Å². The molecule has 3 atom stereocenters. The molecule has 5 rings (SSSR count). The van der Waals surface area contributed by atoms with Gasteiger partial charge in [0.25, 0.3) is 0 Å². The summed E-state index contributed by atoms with van der Waals surface area (Å²) < 4.78 is 0. The SMILES string of the molecule is CN1[C@@H]2CC[C@H]1CC(Nc1ccc(-c3cccc4[nH]ccc34)nc1)C2.O=C(O)/C=C/C(=O)O. The second-order valence-corrected chi connectivity index (χ2v) is 8.55. The van der Waals surface area contributed by atoms with Gasteiger partial charge in [-0.3, -0.25) is 4.98 Å². The van der Waals surface area contributed by atoms with Gasteiger partial charge in [-0.25, -0.2) is 9.59 Å². The third-order valence-electron chi connectivity index (χ3n) is 6.47. The van der Waals surface area contributed by atoms with Crippen LogP contribution >= 0.6 is 0 Å². The molecule has 172 valence electrons. The molecule has 4 heterocycles. The average Bonchev–Trinajstić information content (AvgIpc) is 3.34. The number of nitrogens with one attached hydrogen (secondary N) is 2. The number of fused-ring (bicyclic) bond motifs is 3. The predicted molar refractivity (Wildman–Crippen MR) is 127 cm³/mol. The average molecular weight is 449 g/mol. The first kappa shape index (κ1) is 22.5. The fourth-order valence-electron chi connectivity index (χ4n) is 4.85. The molecule has 0 saturated carbocycles. The van der Waals surface area contributed by atoms with Crippen LogP contribution in [0.1, 0.15) is 25.7 Å². The number of carboxylic acid groups (broad SMARTS) is 2. The van der Waals surface area contributed by atoms with E-state index in [2.05, 4.69) is 58.6 Å². The van der Waals surface area contributed by atoms with Gasteiger partial charge in [-0.15, -0.1) is 0 Å². The standard InChI is InChI=1S/C21H24N4.C4H4O4/c1-25-16-6-7-17(25)12-15(11-16)24-14-5-8-21(23-13-14)18-3-2-4-20-19(18)9-10-22-20;5-3(6)1-2-4(7)8/h2-5,8-10,13,15-17,22,24H,6-7,11-12H2,1H3;1-2H,(H,5,6)(H,7,8)/b;2-1+/t15?,16-,17+;. The second-order valence-electron chi connectivity index (χ2n) is 8.55. The highest BCUT2D eigenvalue weighted by molar-refractivity contribution is 5.94. The van der Waals surface area contributed by atoms with Gasteiger partial charge in [0.1, 0.15) is 0 Å². The van der Waals surface area contributed by atoms with E-state index in [0.717, 1.165) is 29.0 Å². The molecule has 3 aromatic rings. The third-order valence-corrected chi connectivity index (χ3v) is 6.47. The topological polar surface area (TPSA) is 119 Å². The summed E-state index contributed by atoms with van der Waals surface area (Å²) in [5.74, 6) is -2.51. The molecule has 8 nitrogen and oxygen atoms in total. The Balaban J connectivity index is 0.000000281. The van der Waals surface area contributed by atoms with E-state index >= 15 is 0 Å². The molecule has 0 aliphatic carbocycles. The van der Waals surface area contributed by atoms with Gasteiger partial charge in [-0.1, -0.05) is 12.1 Å². The van der Waals surface area contributed by atoms with Crippen molar-refractivity contribution in [2.45, 2.75) is 43.8 Å². The Bertz CT molecular complexity index is 1120. The van der Waals surface area contributed by atoms with Crippen LogP contribution in [0.25, 0.3) is 22.2 Å². The summed E-state index contributed by atoms with van der Waals surface area (Å²) in [7, 11) is 2.29. The Labute approximate surface area is 192 Å². The molecular formula is C25H28N4O4. The van der Waals surface area contributed by atoms with Crippen LogP contribution in [0, 0.1) is 0 Å². The molecule has 33 heavy (non-hydrogen) atoms. The Morgan fingerprint density at radius 1 is 1.06 bits per heavy atom. The summed E-state index contributed by atoms with van der Waals surface area (Å²) in [4.78, 5) is 29.7. The van der Waals surface area contributed by atoms with Crippen LogP contribution in [-0.4, -0.2) is 62.2 Å². The third kappa shape index (κ3) is 5.40. The minimum absolute atomic E-state index is 0.558. The summed E-state index contributed by atoms with van der Waals surface area (Å²) >= 11 is 0. The van der Waals surface area contributed by atoms with Crippen molar-refractivity contribution in [1.82, 2.24) is 14.9 Å². The number of nitrogens with zero attached hydrogens (tertiary/aromatic N) is 2. The largest absolute Gasteiger partial charge is 0.478 e. The van der Waals surface area contributed by atoms with Crippen molar-refractivity contribution < 1.29 is 19.8 Å². The van der Waals surface area contributed by atoms with Gasteiger partial charge >= 0.3 is 11.9 Å². The van der Waals surface area contributed by atoms with Crippen molar-refractivity contribution in [3.63, 3.8) is 0 Å². The molecule has 2 aliphatic rings. The van der Waals surface area contributed by atoms with Gasteiger partial charge < -0.3 is 25.4 Å². The molecule has 8 heteroatoms. The molecule has 2 aromatic heterocycles. The number of aliphatic carboxylic acids is 2. The number of aromatic amines is 1. The number of pyridine rings is 1. The summed E-state index contributed by atoms with van der Waals surface area (Å²) in [5.41, 5.74) is 4.50. The minimum Gasteiger partial charge on any atom is -0.478 e. The molecule has 2 fully saturated rings. The Morgan fingerprint density at radius 3 is 2.36 bits per heavy atom. The van der Waals surface area contributed by atoms with E-state index in [0.29, 0.717) is 18.2 Å². The van der Waals surface area contributed by atoms with E-state index < -0.39 is 11.9 Å². The van der Waals surface area contributed by atoms with Crippen molar-refractivity contribution in [2.24, 2.45) is 0 Å². The molecule has 2 aliphatic heterocycles. The van der Waals surface area contributed by atoms with Crippen molar-refractivity contribution in [3.05, 3.63) is 60.9 Å². The summed E-state index contributed by atoms with van der Waals surface area (Å²) in [6.45, 7) is 0. The molecule has 2 saturated heterocycles. The lowest BCUT2D eigenvalue weighted by Gasteiger charge is -2.37. The van der Waals surface area contributed by atoms with Crippen LogP contribution in [0.15, 0.2) is 60.9 Å². The Kier molecular flexibility index (Phi) is 6.74. The maximum atomic E-state index is 9.55. The van der Waals surface area contributed by atoms with Crippen LogP contribution in [0.3, 0.4) is 0 Å². The van der Waals surface area contributed by atoms with Crippen molar-refractivity contribution in [2.75, 3.05) is 12.4 Å². The van der Waals surface area contributed by atoms with Crippen LogP contribution in [0.2, 0.25) is 0 Å². The van der Waals surface area contributed by atoms with E-state index in [4.69, 9.17) is 15.2 Å². The highest BCUT2D eigenvalue weighted by Gasteiger charge is 2.38. The first-order valence-corrected chi connectivity index (χ1v) is 11.1. The van der Waals surface area contributed by atoms with Crippen molar-refractivity contribution in [1.29, 1.82) is 0 Å². The normalized spacial score (nSPS) is 22.2. The van der Waals surface area contributed by atoms with E-state index in [9.17, 15) is 9.59 Å². The Morgan fingerprint density at radius 2 is 1.76 bits per heavy atom. The molecule has 4 N–H and O–H groups in total. The number of hydrogen-bond acceptors (Lipinski definition) is 5. The lowest BCUT2D eigenvalue weighted by atomic mass is 9.98. The smallest absolute Gasteiger partial charge is 0.328 e. The molecule has 0 radical (unpaired) electrons. The van der Waals surface area contributed by atoms with Gasteiger partial charge in [0.15, 0.2) is 0 Å². The fraction of sp³-hybridized carbons (Fsp3) is 0.320. The van der Waals surface area contributed by atoms with Crippen molar-refractivity contribution in [3.8, 4) is 11.3 Å². The first-order valence-electron chi connectivity index (χ1n) is 11.1. The zero-order valence-corrected chi connectivity index (χ0v) is 18.4. The lowest BCUT2D eigenvalue weighted by molar-refractivity contribution is -0.134. The monoisotopic (exact) mass is 448 g/mol. The number of rotatable bonds is 5. The summed E-state index contributed by atoms with van der Waals surface area (Å²) in [6.07, 6.45) is 10.3. The predicted octanol–water partition coefficient (Wildman–Crippen LogP) is 3.98. The summed E-state index contributed by atoms with van der Waals surface area (Å²) in [5, 5.41) is 20.6. The minimum atomic E-state index is -1.26. The molecule has 0 amide bonds. The van der Waals surface area contributed by atoms with Crippen LogP contribution < -0.4 is 5.32 Å². The molecule has 1 unspecified atom stereocenters. The van der Waals surface area contributed by atoms with Gasteiger partial charge in [0, 0.05) is 52.9 Å². The van der Waals surface area contributed by atoms with Crippen molar-refractivity contribution >= 4 is 28.5 Å². The van der Waals surface area contributed by atoms with Crippen LogP contribution in [0.4, 0.5) is 5.69 Å². The van der Waals surface area contributed by atoms with E-state index in [1.54, 1.807) is 0 Å². The number of H-pyrrole nitrogens is 1. The summed E-state index contributed by atoms with van der Waals surface area (Å²) in [6, 6.07) is 14.8. The maximum Gasteiger partial charge on any atom is 0.328 e. The molecule has 2 bridgehead atoms. The maximum absolute atomic E-state index is 9.55. The molecule has 1 aromatic carbocycles. The number of benzene rings is 1. The van der Waals surface area contributed by atoms with Gasteiger partial charge in [-0.2, -0.15) is 0 Å². The fourth-order valence-corrected chi connectivity index (χ4v) is 4.85. The van der Waals surface area contributed by atoms with Crippen LogP contribution in [0.5, 0.6) is 0 Å². The Hall–Kier alpha value is -3.65. The zero-order chi connectivity index (χ0) is 23.4. The number of aromatic nitrogens is 2. The molecular weight excluding hydrogens is 420 g/mol. The lowest BCUT2D eigenvalue weighted by Crippen LogP contribution is -2.44. The number of carboxylic acids is 2. The number of anilines is 1. The number of hydrogen-bond donors (Lipinski definition) is 4. The highest BCUT2D eigenvalue weighted by Crippen LogP contribution is 2.35. The number of piperidine rings is 1. The van der Waals surface area contributed by atoms with Gasteiger partial charge in [0.05, 0.1) is 17.6 Å². The highest BCUT2D eigenvalue weighted by atomic mass is 16.4. The van der Waals surface area contributed by atoms with Gasteiger partial charge in [0.2, 0.25) is 0 Å².